The fourth-order valence-electron chi connectivity index (χ4n) is 4.07. The first-order valence-corrected chi connectivity index (χ1v) is 13.0. The van der Waals surface area contributed by atoms with Crippen LogP contribution in [-0.2, 0) is 0 Å². The molecule has 1 nitrogen and oxygen atoms in total. The molecular weight excluding hydrogens is 340 g/mol. The van der Waals surface area contributed by atoms with E-state index in [1.165, 1.54) is 148 Å². The van der Waals surface area contributed by atoms with Crippen molar-refractivity contribution in [2.75, 3.05) is 6.61 Å². The lowest BCUT2D eigenvalue weighted by Crippen LogP contribution is -1.85. The fourth-order valence-corrected chi connectivity index (χ4v) is 4.07. The zero-order valence-corrected chi connectivity index (χ0v) is 19.6. The Morgan fingerprint density at radius 1 is 0.321 bits per heavy atom. The van der Waals surface area contributed by atoms with Crippen molar-refractivity contribution < 1.29 is 5.11 Å². The molecule has 168 valence electrons. The van der Waals surface area contributed by atoms with Gasteiger partial charge < -0.3 is 5.11 Å². The summed E-state index contributed by atoms with van der Waals surface area (Å²) in [7, 11) is 0. The van der Waals surface area contributed by atoms with Crippen LogP contribution >= 0.6 is 0 Å². The van der Waals surface area contributed by atoms with Gasteiger partial charge in [-0.3, -0.25) is 0 Å². The second-order valence-corrected chi connectivity index (χ2v) is 8.86. The molecule has 0 aliphatic carbocycles. The number of unbranched alkanes of at least 4 members (excludes halogenated alkanes) is 23. The van der Waals surface area contributed by atoms with Crippen molar-refractivity contribution in [1.82, 2.24) is 0 Å². The Hall–Kier alpha value is -0.0400. The van der Waals surface area contributed by atoms with Gasteiger partial charge in [-0.25, -0.2) is 0 Å². The maximum atomic E-state index is 8.74. The lowest BCUT2D eigenvalue weighted by Gasteiger charge is -2.04. The molecule has 0 aromatic carbocycles. The van der Waals surface area contributed by atoms with Gasteiger partial charge in [0.1, 0.15) is 0 Å². The summed E-state index contributed by atoms with van der Waals surface area (Å²) in [6, 6.07) is 0. The quantitative estimate of drug-likeness (QED) is 0.162. The number of aliphatic hydroxyl groups excluding tert-OH is 1. The Labute approximate surface area is 180 Å². The van der Waals surface area contributed by atoms with Crippen LogP contribution in [0.5, 0.6) is 0 Å². The van der Waals surface area contributed by atoms with Crippen molar-refractivity contribution >= 4 is 0 Å². The Kier molecular flexibility index (Phi) is 31.4. The smallest absolute Gasteiger partial charge is 0.0431 e. The van der Waals surface area contributed by atoms with Crippen molar-refractivity contribution in [3.63, 3.8) is 0 Å². The van der Waals surface area contributed by atoms with E-state index in [9.17, 15) is 0 Å². The van der Waals surface area contributed by atoms with E-state index in [0.29, 0.717) is 6.61 Å². The third-order valence-electron chi connectivity index (χ3n) is 6.01. The van der Waals surface area contributed by atoms with Crippen molar-refractivity contribution in [2.24, 2.45) is 0 Å². The van der Waals surface area contributed by atoms with Crippen LogP contribution in [0.15, 0.2) is 0 Å². The van der Waals surface area contributed by atoms with Crippen LogP contribution in [0.3, 0.4) is 0 Å². The van der Waals surface area contributed by atoms with E-state index in [4.69, 9.17) is 5.11 Å². The van der Waals surface area contributed by atoms with Gasteiger partial charge in [-0.15, -0.1) is 0 Å². The molecule has 0 aromatic heterocycles. The summed E-state index contributed by atoms with van der Waals surface area (Å²) in [5.74, 6) is 0. The lowest BCUT2D eigenvalue weighted by molar-refractivity contribution is 0.282. The van der Waals surface area contributed by atoms with Crippen LogP contribution < -0.4 is 0 Å². The van der Waals surface area contributed by atoms with E-state index in [1.807, 2.05) is 0 Å². The number of aliphatic hydroxyl groups is 1. The molecule has 1 heteroatoms. The monoisotopic (exact) mass is 394 g/mol. The topological polar surface area (TPSA) is 20.2 Å². The molecule has 0 fully saturated rings. The molecule has 0 spiro atoms. The van der Waals surface area contributed by atoms with Crippen LogP contribution in [-0.4, -0.2) is 11.7 Å². The molecule has 0 bridgehead atoms. The summed E-state index contributed by atoms with van der Waals surface area (Å²) in [6.45, 7) is 2.67. The summed E-state index contributed by atoms with van der Waals surface area (Å²) < 4.78 is 0. The fraction of sp³-hybridized carbons (Fsp3) is 0.963. The molecule has 0 aliphatic heterocycles. The van der Waals surface area contributed by atoms with Gasteiger partial charge in [-0.1, -0.05) is 155 Å². The van der Waals surface area contributed by atoms with E-state index in [2.05, 4.69) is 6.92 Å². The summed E-state index contributed by atoms with van der Waals surface area (Å²) in [6.07, 6.45) is 34.1. The van der Waals surface area contributed by atoms with E-state index in [-0.39, 0.29) is 7.43 Å². The highest BCUT2D eigenvalue weighted by molar-refractivity contribution is 4.51. The molecule has 28 heavy (non-hydrogen) atoms. The number of hydrogen-bond acceptors (Lipinski definition) is 1. The highest BCUT2D eigenvalue weighted by Crippen LogP contribution is 2.15. The van der Waals surface area contributed by atoms with Crippen molar-refractivity contribution in [3.05, 3.63) is 7.43 Å². The minimum absolute atomic E-state index is 0. The third kappa shape index (κ3) is 28.2. The summed E-state index contributed by atoms with van der Waals surface area (Å²) >= 11 is 0. The van der Waals surface area contributed by atoms with Crippen LogP contribution in [0.4, 0.5) is 0 Å². The molecule has 0 aromatic rings. The van der Waals surface area contributed by atoms with E-state index >= 15 is 0 Å². The molecule has 0 saturated carbocycles. The second-order valence-electron chi connectivity index (χ2n) is 8.86. The highest BCUT2D eigenvalue weighted by atomic mass is 16.2. The van der Waals surface area contributed by atoms with Gasteiger partial charge in [0.25, 0.3) is 0 Å². The van der Waals surface area contributed by atoms with Crippen LogP contribution in [0, 0.1) is 7.43 Å². The zero-order chi connectivity index (χ0) is 19.7. The van der Waals surface area contributed by atoms with Crippen LogP contribution in [0.25, 0.3) is 0 Å². The first-order chi connectivity index (χ1) is 13.4. The first-order valence-electron chi connectivity index (χ1n) is 13.0. The van der Waals surface area contributed by atoms with Crippen molar-refractivity contribution in [1.29, 1.82) is 0 Å². The molecule has 0 unspecified atom stereocenters. The maximum Gasteiger partial charge on any atom is 0.0431 e. The van der Waals surface area contributed by atoms with Gasteiger partial charge in [0.2, 0.25) is 0 Å². The van der Waals surface area contributed by atoms with Gasteiger partial charge in [-0.05, 0) is 6.42 Å². The average Bonchev–Trinajstić information content (AvgIpc) is 2.68. The zero-order valence-electron chi connectivity index (χ0n) is 19.6. The SMILES string of the molecule is CCCCCCCCCCCCCCCCCCCCCCCCCCO.[C]. The molecule has 0 heterocycles. The Morgan fingerprint density at radius 3 is 0.679 bits per heavy atom. The van der Waals surface area contributed by atoms with Gasteiger partial charge in [0.05, 0.1) is 0 Å². The van der Waals surface area contributed by atoms with Crippen LogP contribution in [0.1, 0.15) is 161 Å². The summed E-state index contributed by atoms with van der Waals surface area (Å²) in [4.78, 5) is 0. The van der Waals surface area contributed by atoms with E-state index < -0.39 is 0 Å². The average molecular weight is 395 g/mol. The molecule has 1 N–H and O–H groups in total. The van der Waals surface area contributed by atoms with E-state index in [0.717, 1.165) is 6.42 Å². The predicted molar refractivity (Wildman–Crippen MR) is 127 cm³/mol. The lowest BCUT2D eigenvalue weighted by atomic mass is 10.0. The number of rotatable bonds is 24. The molecule has 0 rings (SSSR count). The number of hydrogen-bond donors (Lipinski definition) is 1. The molecular formula is C27H54O. The molecule has 0 amide bonds. The Balaban J connectivity index is 0. The minimum atomic E-state index is 0. The normalized spacial score (nSPS) is 10.9. The Morgan fingerprint density at radius 2 is 0.500 bits per heavy atom. The summed E-state index contributed by atoms with van der Waals surface area (Å²) in [5.41, 5.74) is 0. The summed E-state index contributed by atoms with van der Waals surface area (Å²) in [5, 5.41) is 8.74. The van der Waals surface area contributed by atoms with Crippen LogP contribution in [0.2, 0.25) is 0 Å². The highest BCUT2D eigenvalue weighted by Gasteiger charge is 1.95. The van der Waals surface area contributed by atoms with E-state index in [1.54, 1.807) is 0 Å². The molecule has 0 aliphatic rings. The first kappa shape index (κ1) is 30.2. The van der Waals surface area contributed by atoms with Gasteiger partial charge in [-0.2, -0.15) is 0 Å². The third-order valence-corrected chi connectivity index (χ3v) is 6.01. The Bertz CT molecular complexity index is 214. The van der Waals surface area contributed by atoms with Gasteiger partial charge >= 0.3 is 0 Å². The second kappa shape index (κ2) is 29.2. The van der Waals surface area contributed by atoms with Gasteiger partial charge in [0, 0.05) is 14.0 Å². The van der Waals surface area contributed by atoms with Gasteiger partial charge in [0.15, 0.2) is 0 Å². The van der Waals surface area contributed by atoms with Crippen molar-refractivity contribution in [2.45, 2.75) is 161 Å². The van der Waals surface area contributed by atoms with Crippen molar-refractivity contribution in [3.8, 4) is 0 Å². The standard InChI is InChI=1S/C26H54O.C/c1-2-3-4-5-6-7-8-9-10-11-12-13-14-15-16-17-18-19-20-21-22-23-24-25-26-27;/h27H,2-26H2,1H3;. The molecule has 0 atom stereocenters. The molecule has 4 radical (unpaired) electrons. The predicted octanol–water partition coefficient (Wildman–Crippen LogP) is 9.44. The largest absolute Gasteiger partial charge is 0.396 e. The maximum absolute atomic E-state index is 8.74. The minimum Gasteiger partial charge on any atom is -0.396 e. The molecule has 0 saturated heterocycles.